The van der Waals surface area contributed by atoms with E-state index >= 15 is 0 Å². The lowest BCUT2D eigenvalue weighted by molar-refractivity contribution is 0.131. The Labute approximate surface area is 101 Å². The van der Waals surface area contributed by atoms with Crippen molar-refractivity contribution in [2.75, 3.05) is 13.1 Å². The second kappa shape index (κ2) is 6.02. The highest BCUT2D eigenvalue weighted by Gasteiger charge is 2.35. The fraction of sp³-hybridized carbons (Fsp3) is 1.00. The molecule has 2 nitrogen and oxygen atoms in total. The SMILES string of the molecule is CCCN(C1CC1)C1CCCC(NCC)C1. The lowest BCUT2D eigenvalue weighted by Crippen LogP contribution is -2.45. The summed E-state index contributed by atoms with van der Waals surface area (Å²) in [6.07, 6.45) is 9.90. The molecule has 94 valence electrons. The predicted octanol–water partition coefficient (Wildman–Crippen LogP) is 2.78. The Morgan fingerprint density at radius 2 is 1.88 bits per heavy atom. The van der Waals surface area contributed by atoms with Crippen LogP contribution in [-0.2, 0) is 0 Å². The third kappa shape index (κ3) is 3.21. The quantitative estimate of drug-likeness (QED) is 0.746. The van der Waals surface area contributed by atoms with Crippen LogP contribution in [0.1, 0.15) is 58.8 Å². The second-order valence-corrected chi connectivity index (χ2v) is 5.54. The number of rotatable bonds is 6. The summed E-state index contributed by atoms with van der Waals surface area (Å²) in [5.74, 6) is 0. The first kappa shape index (κ1) is 12.4. The molecule has 16 heavy (non-hydrogen) atoms. The van der Waals surface area contributed by atoms with Gasteiger partial charge in [-0.25, -0.2) is 0 Å². The van der Waals surface area contributed by atoms with Crippen LogP contribution in [0.5, 0.6) is 0 Å². The zero-order valence-corrected chi connectivity index (χ0v) is 11.0. The van der Waals surface area contributed by atoms with Gasteiger partial charge in [0.2, 0.25) is 0 Å². The Morgan fingerprint density at radius 1 is 1.06 bits per heavy atom. The molecule has 2 fully saturated rings. The summed E-state index contributed by atoms with van der Waals surface area (Å²) in [6.45, 7) is 7.01. The van der Waals surface area contributed by atoms with Gasteiger partial charge in [0.15, 0.2) is 0 Å². The van der Waals surface area contributed by atoms with Crippen LogP contribution < -0.4 is 5.32 Å². The van der Waals surface area contributed by atoms with Gasteiger partial charge in [0.25, 0.3) is 0 Å². The number of nitrogens with zero attached hydrogens (tertiary/aromatic N) is 1. The molecule has 0 aliphatic heterocycles. The van der Waals surface area contributed by atoms with Crippen LogP contribution in [0.4, 0.5) is 0 Å². The number of hydrogen-bond donors (Lipinski definition) is 1. The van der Waals surface area contributed by atoms with E-state index in [4.69, 9.17) is 0 Å². The molecular weight excluding hydrogens is 196 g/mol. The van der Waals surface area contributed by atoms with Crippen LogP contribution in [0.25, 0.3) is 0 Å². The predicted molar refractivity (Wildman–Crippen MR) is 69.7 cm³/mol. The van der Waals surface area contributed by atoms with Crippen LogP contribution >= 0.6 is 0 Å². The van der Waals surface area contributed by atoms with Gasteiger partial charge in [0.1, 0.15) is 0 Å². The highest BCUT2D eigenvalue weighted by molar-refractivity contribution is 4.92. The van der Waals surface area contributed by atoms with Gasteiger partial charge in [-0.1, -0.05) is 20.3 Å². The van der Waals surface area contributed by atoms with Gasteiger partial charge in [-0.15, -0.1) is 0 Å². The van der Waals surface area contributed by atoms with Crippen molar-refractivity contribution in [2.45, 2.75) is 76.9 Å². The average Bonchev–Trinajstić information content (AvgIpc) is 3.11. The van der Waals surface area contributed by atoms with Crippen molar-refractivity contribution >= 4 is 0 Å². The number of hydrogen-bond acceptors (Lipinski definition) is 2. The number of nitrogens with one attached hydrogen (secondary N) is 1. The Hall–Kier alpha value is -0.0800. The van der Waals surface area contributed by atoms with E-state index in [1.54, 1.807) is 0 Å². The maximum absolute atomic E-state index is 3.64. The molecule has 1 N–H and O–H groups in total. The first-order valence-electron chi connectivity index (χ1n) is 7.34. The third-order valence-corrected chi connectivity index (χ3v) is 4.11. The van der Waals surface area contributed by atoms with Gasteiger partial charge in [-0.3, -0.25) is 4.90 Å². The van der Waals surface area contributed by atoms with Crippen LogP contribution in [0.3, 0.4) is 0 Å². The molecular formula is C14H28N2. The molecule has 0 amide bonds. The average molecular weight is 224 g/mol. The van der Waals surface area contributed by atoms with Crippen LogP contribution in [-0.4, -0.2) is 36.1 Å². The lowest BCUT2D eigenvalue weighted by atomic mass is 9.89. The fourth-order valence-electron chi connectivity index (χ4n) is 3.27. The van der Waals surface area contributed by atoms with E-state index in [-0.39, 0.29) is 0 Å². The Kier molecular flexibility index (Phi) is 4.66. The van der Waals surface area contributed by atoms with Crippen molar-refractivity contribution in [3.8, 4) is 0 Å². The molecule has 2 unspecified atom stereocenters. The Balaban J connectivity index is 1.85. The zero-order valence-electron chi connectivity index (χ0n) is 11.0. The summed E-state index contributed by atoms with van der Waals surface area (Å²) in [7, 11) is 0. The normalized spacial score (nSPS) is 30.9. The van der Waals surface area contributed by atoms with Crippen molar-refractivity contribution < 1.29 is 0 Å². The molecule has 0 aromatic carbocycles. The van der Waals surface area contributed by atoms with Crippen molar-refractivity contribution in [2.24, 2.45) is 0 Å². The molecule has 0 radical (unpaired) electrons. The Morgan fingerprint density at radius 3 is 2.50 bits per heavy atom. The van der Waals surface area contributed by atoms with Gasteiger partial charge in [0.05, 0.1) is 0 Å². The first-order chi connectivity index (χ1) is 7.85. The van der Waals surface area contributed by atoms with Gasteiger partial charge >= 0.3 is 0 Å². The van der Waals surface area contributed by atoms with E-state index < -0.39 is 0 Å². The molecule has 0 saturated heterocycles. The molecule has 0 spiro atoms. The zero-order chi connectivity index (χ0) is 11.4. The minimum Gasteiger partial charge on any atom is -0.314 e. The minimum atomic E-state index is 0.793. The molecule has 0 aromatic rings. The molecule has 2 aliphatic carbocycles. The molecule has 2 heteroatoms. The van der Waals surface area contributed by atoms with Gasteiger partial charge < -0.3 is 5.32 Å². The summed E-state index contributed by atoms with van der Waals surface area (Å²) in [6, 6.07) is 2.62. The van der Waals surface area contributed by atoms with Crippen LogP contribution in [0.2, 0.25) is 0 Å². The maximum atomic E-state index is 3.64. The van der Waals surface area contributed by atoms with E-state index in [1.165, 1.54) is 51.5 Å². The van der Waals surface area contributed by atoms with Crippen molar-refractivity contribution in [1.82, 2.24) is 10.2 Å². The summed E-state index contributed by atoms with van der Waals surface area (Å²) in [5, 5.41) is 3.64. The van der Waals surface area contributed by atoms with Crippen molar-refractivity contribution in [3.05, 3.63) is 0 Å². The fourth-order valence-corrected chi connectivity index (χ4v) is 3.27. The molecule has 2 saturated carbocycles. The van der Waals surface area contributed by atoms with Crippen molar-refractivity contribution in [3.63, 3.8) is 0 Å². The van der Waals surface area contributed by atoms with E-state index in [2.05, 4.69) is 24.1 Å². The third-order valence-electron chi connectivity index (χ3n) is 4.11. The summed E-state index contributed by atoms with van der Waals surface area (Å²) in [4.78, 5) is 2.82. The standard InChI is InChI=1S/C14H28N2/c1-3-10-16(13-8-9-13)14-7-5-6-12(11-14)15-4-2/h12-15H,3-11H2,1-2H3. The second-order valence-electron chi connectivity index (χ2n) is 5.54. The smallest absolute Gasteiger partial charge is 0.0113 e. The highest BCUT2D eigenvalue weighted by atomic mass is 15.2. The van der Waals surface area contributed by atoms with Gasteiger partial charge in [-0.2, -0.15) is 0 Å². The van der Waals surface area contributed by atoms with Crippen molar-refractivity contribution in [1.29, 1.82) is 0 Å². The van der Waals surface area contributed by atoms with Gasteiger partial charge in [0, 0.05) is 18.1 Å². The Bertz CT molecular complexity index is 199. The monoisotopic (exact) mass is 224 g/mol. The molecule has 2 aliphatic rings. The first-order valence-corrected chi connectivity index (χ1v) is 7.34. The van der Waals surface area contributed by atoms with E-state index in [1.807, 2.05) is 0 Å². The van der Waals surface area contributed by atoms with E-state index in [9.17, 15) is 0 Å². The molecule has 2 rings (SSSR count). The maximum Gasteiger partial charge on any atom is 0.0113 e. The van der Waals surface area contributed by atoms with Crippen LogP contribution in [0.15, 0.2) is 0 Å². The lowest BCUT2D eigenvalue weighted by Gasteiger charge is -2.38. The molecule has 0 aromatic heterocycles. The largest absolute Gasteiger partial charge is 0.314 e. The summed E-state index contributed by atoms with van der Waals surface area (Å²) in [5.41, 5.74) is 0. The summed E-state index contributed by atoms with van der Waals surface area (Å²) < 4.78 is 0. The topological polar surface area (TPSA) is 15.3 Å². The molecule has 0 bridgehead atoms. The van der Waals surface area contributed by atoms with E-state index in [0.717, 1.165) is 24.7 Å². The molecule has 2 atom stereocenters. The highest BCUT2D eigenvalue weighted by Crippen LogP contribution is 2.33. The summed E-state index contributed by atoms with van der Waals surface area (Å²) >= 11 is 0. The molecule has 0 heterocycles. The minimum absolute atomic E-state index is 0.793. The van der Waals surface area contributed by atoms with Gasteiger partial charge in [-0.05, 0) is 51.6 Å². The van der Waals surface area contributed by atoms with Crippen LogP contribution in [0, 0.1) is 0 Å². The van der Waals surface area contributed by atoms with E-state index in [0.29, 0.717) is 0 Å².